The van der Waals surface area contributed by atoms with E-state index in [0.29, 0.717) is 13.2 Å². The van der Waals surface area contributed by atoms with E-state index in [1.165, 1.54) is 0 Å². The molecule has 0 aromatic heterocycles. The lowest BCUT2D eigenvalue weighted by atomic mass is 10.1. The molecule has 1 aliphatic heterocycles. The van der Waals surface area contributed by atoms with Crippen LogP contribution in [0.15, 0.2) is 18.2 Å². The molecule has 100 valence electrons. The molecule has 1 aromatic rings. The Labute approximate surface area is 107 Å². The van der Waals surface area contributed by atoms with Gasteiger partial charge >= 0.3 is 0 Å². The molecule has 5 heteroatoms. The van der Waals surface area contributed by atoms with Crippen molar-refractivity contribution in [3.63, 3.8) is 0 Å². The Kier molecular flexibility index (Phi) is 3.75. The van der Waals surface area contributed by atoms with Gasteiger partial charge < -0.3 is 24.7 Å². The summed E-state index contributed by atoms with van der Waals surface area (Å²) >= 11 is 0. The van der Waals surface area contributed by atoms with Gasteiger partial charge in [0, 0.05) is 18.2 Å². The molecule has 1 saturated heterocycles. The number of ether oxygens (including phenoxy) is 4. The van der Waals surface area contributed by atoms with E-state index in [2.05, 4.69) is 0 Å². The highest BCUT2D eigenvalue weighted by Gasteiger charge is 2.37. The maximum atomic E-state index is 5.83. The molecule has 0 amide bonds. The van der Waals surface area contributed by atoms with Crippen LogP contribution in [-0.2, 0) is 9.47 Å². The normalized spacial score (nSPS) is 27.2. The Morgan fingerprint density at radius 2 is 2.17 bits per heavy atom. The Morgan fingerprint density at radius 3 is 2.72 bits per heavy atom. The van der Waals surface area contributed by atoms with Crippen LogP contribution >= 0.6 is 0 Å². The van der Waals surface area contributed by atoms with Crippen molar-refractivity contribution in [1.29, 1.82) is 0 Å². The lowest BCUT2D eigenvalue weighted by molar-refractivity contribution is -0.146. The first-order valence-electron chi connectivity index (χ1n) is 5.85. The topological polar surface area (TPSA) is 62.9 Å². The summed E-state index contributed by atoms with van der Waals surface area (Å²) in [5, 5.41) is 0. The molecule has 1 aromatic carbocycles. The first-order valence-corrected chi connectivity index (χ1v) is 5.85. The molecule has 1 aliphatic rings. The third-order valence-electron chi connectivity index (χ3n) is 3.09. The Bertz CT molecular complexity index is 423. The van der Waals surface area contributed by atoms with Gasteiger partial charge in [0.15, 0.2) is 5.79 Å². The van der Waals surface area contributed by atoms with Crippen LogP contribution in [0.25, 0.3) is 0 Å². The van der Waals surface area contributed by atoms with Crippen molar-refractivity contribution in [2.24, 2.45) is 5.73 Å². The molecule has 0 saturated carbocycles. The molecule has 0 spiro atoms. The smallest absolute Gasteiger partial charge is 0.178 e. The van der Waals surface area contributed by atoms with E-state index >= 15 is 0 Å². The van der Waals surface area contributed by atoms with Crippen LogP contribution in [0.5, 0.6) is 11.5 Å². The number of nitrogens with two attached hydrogens (primary N) is 1. The van der Waals surface area contributed by atoms with Crippen LogP contribution < -0.4 is 15.2 Å². The van der Waals surface area contributed by atoms with Gasteiger partial charge in [0.1, 0.15) is 17.6 Å². The van der Waals surface area contributed by atoms with Gasteiger partial charge in [-0.25, -0.2) is 0 Å². The summed E-state index contributed by atoms with van der Waals surface area (Å²) in [4.78, 5) is 0. The molecule has 1 heterocycles. The van der Waals surface area contributed by atoms with Crippen molar-refractivity contribution in [3.8, 4) is 11.5 Å². The van der Waals surface area contributed by atoms with Gasteiger partial charge in [0.05, 0.1) is 20.8 Å². The van der Waals surface area contributed by atoms with E-state index in [1.807, 2.05) is 25.1 Å². The second-order valence-corrected chi connectivity index (χ2v) is 4.36. The molecule has 1 fully saturated rings. The first-order chi connectivity index (χ1) is 8.61. The Hall–Kier alpha value is -1.30. The quantitative estimate of drug-likeness (QED) is 0.880. The molecule has 18 heavy (non-hydrogen) atoms. The predicted molar refractivity (Wildman–Crippen MR) is 66.8 cm³/mol. The summed E-state index contributed by atoms with van der Waals surface area (Å²) in [5.41, 5.74) is 6.56. The summed E-state index contributed by atoms with van der Waals surface area (Å²) in [6.07, 6.45) is -0.167. The minimum absolute atomic E-state index is 0.167. The second-order valence-electron chi connectivity index (χ2n) is 4.36. The van der Waals surface area contributed by atoms with Crippen LogP contribution in [-0.4, -0.2) is 33.2 Å². The van der Waals surface area contributed by atoms with E-state index < -0.39 is 5.79 Å². The van der Waals surface area contributed by atoms with Crippen LogP contribution in [0.3, 0.4) is 0 Å². The number of methoxy groups -OCH3 is 2. The van der Waals surface area contributed by atoms with Crippen molar-refractivity contribution in [2.75, 3.05) is 27.4 Å². The highest BCUT2D eigenvalue weighted by Crippen LogP contribution is 2.38. The standard InChI is InChI=1S/C13H19NO4/c1-13(8-14)17-7-12(18-13)10-5-4-9(15-2)6-11(10)16-3/h4-6,12H,7-8,14H2,1-3H3. The van der Waals surface area contributed by atoms with Crippen molar-refractivity contribution < 1.29 is 18.9 Å². The van der Waals surface area contributed by atoms with E-state index in [9.17, 15) is 0 Å². The summed E-state index contributed by atoms with van der Waals surface area (Å²) in [7, 11) is 3.24. The fourth-order valence-electron chi connectivity index (χ4n) is 1.97. The van der Waals surface area contributed by atoms with Gasteiger partial charge in [-0.15, -0.1) is 0 Å². The van der Waals surface area contributed by atoms with Crippen LogP contribution in [0.1, 0.15) is 18.6 Å². The van der Waals surface area contributed by atoms with Gasteiger partial charge in [-0.1, -0.05) is 0 Å². The van der Waals surface area contributed by atoms with Crippen LogP contribution in [0.2, 0.25) is 0 Å². The predicted octanol–water partition coefficient (Wildman–Crippen LogP) is 1.47. The highest BCUT2D eigenvalue weighted by atomic mass is 16.7. The van der Waals surface area contributed by atoms with E-state index in [0.717, 1.165) is 17.1 Å². The SMILES string of the molecule is COc1ccc(C2COC(C)(CN)O2)c(OC)c1. The van der Waals surface area contributed by atoms with Gasteiger partial charge in [-0.3, -0.25) is 0 Å². The molecule has 0 aliphatic carbocycles. The number of hydrogen-bond acceptors (Lipinski definition) is 5. The zero-order valence-corrected chi connectivity index (χ0v) is 10.9. The lowest BCUT2D eigenvalue weighted by Crippen LogP contribution is -2.35. The molecular weight excluding hydrogens is 234 g/mol. The Balaban J connectivity index is 2.24. The summed E-state index contributed by atoms with van der Waals surface area (Å²) in [5.74, 6) is 0.760. The minimum atomic E-state index is -0.713. The van der Waals surface area contributed by atoms with Crippen molar-refractivity contribution in [3.05, 3.63) is 23.8 Å². The van der Waals surface area contributed by atoms with E-state index in [4.69, 9.17) is 24.7 Å². The molecule has 2 rings (SSSR count). The summed E-state index contributed by atoms with van der Waals surface area (Å²) < 4.78 is 21.9. The average Bonchev–Trinajstić information content (AvgIpc) is 2.81. The molecule has 5 nitrogen and oxygen atoms in total. The highest BCUT2D eigenvalue weighted by molar-refractivity contribution is 5.42. The Morgan fingerprint density at radius 1 is 1.39 bits per heavy atom. The summed E-state index contributed by atoms with van der Waals surface area (Å²) in [6, 6.07) is 5.63. The second kappa shape index (κ2) is 5.14. The third-order valence-corrected chi connectivity index (χ3v) is 3.09. The average molecular weight is 253 g/mol. The largest absolute Gasteiger partial charge is 0.497 e. The maximum absolute atomic E-state index is 5.83. The fraction of sp³-hybridized carbons (Fsp3) is 0.538. The molecule has 0 radical (unpaired) electrons. The van der Waals surface area contributed by atoms with Crippen molar-refractivity contribution in [1.82, 2.24) is 0 Å². The van der Waals surface area contributed by atoms with Crippen LogP contribution in [0, 0.1) is 0 Å². The zero-order valence-electron chi connectivity index (χ0n) is 10.9. The van der Waals surface area contributed by atoms with Gasteiger partial charge in [-0.05, 0) is 19.1 Å². The van der Waals surface area contributed by atoms with E-state index in [-0.39, 0.29) is 6.10 Å². The molecule has 0 bridgehead atoms. The maximum Gasteiger partial charge on any atom is 0.178 e. The van der Waals surface area contributed by atoms with Gasteiger partial charge in [0.25, 0.3) is 0 Å². The van der Waals surface area contributed by atoms with Crippen molar-refractivity contribution in [2.45, 2.75) is 18.8 Å². The van der Waals surface area contributed by atoms with E-state index in [1.54, 1.807) is 14.2 Å². The van der Waals surface area contributed by atoms with Gasteiger partial charge in [0.2, 0.25) is 0 Å². The third kappa shape index (κ3) is 2.43. The van der Waals surface area contributed by atoms with Crippen molar-refractivity contribution >= 4 is 0 Å². The number of benzene rings is 1. The molecule has 2 unspecified atom stereocenters. The molecular formula is C13H19NO4. The number of rotatable bonds is 4. The van der Waals surface area contributed by atoms with Crippen LogP contribution in [0.4, 0.5) is 0 Å². The van der Waals surface area contributed by atoms with Gasteiger partial charge in [-0.2, -0.15) is 0 Å². The number of hydrogen-bond donors (Lipinski definition) is 1. The summed E-state index contributed by atoms with van der Waals surface area (Å²) in [6.45, 7) is 2.63. The fourth-order valence-corrected chi connectivity index (χ4v) is 1.97. The first kappa shape index (κ1) is 13.1. The monoisotopic (exact) mass is 253 g/mol. The minimum Gasteiger partial charge on any atom is -0.497 e. The molecule has 2 N–H and O–H groups in total. The lowest BCUT2D eigenvalue weighted by Gasteiger charge is -2.21. The molecule has 2 atom stereocenters. The zero-order chi connectivity index (χ0) is 13.2.